The molecule has 0 saturated heterocycles. The second-order valence-corrected chi connectivity index (χ2v) is 4.15. The van der Waals surface area contributed by atoms with Crippen LogP contribution in [0.4, 0.5) is 0 Å². The minimum absolute atomic E-state index is 0.380. The highest BCUT2D eigenvalue weighted by Gasteiger charge is 2.06. The Hall–Kier alpha value is -1.71. The van der Waals surface area contributed by atoms with Gasteiger partial charge in [-0.3, -0.25) is 10.1 Å². The van der Waals surface area contributed by atoms with Gasteiger partial charge in [-0.05, 0) is 24.1 Å². The first-order valence-corrected chi connectivity index (χ1v) is 5.56. The first kappa shape index (κ1) is 10.8. The van der Waals surface area contributed by atoms with Gasteiger partial charge in [-0.25, -0.2) is 4.98 Å². The predicted octanol–water partition coefficient (Wildman–Crippen LogP) is 2.11. The number of aromatic amines is 1. The molecule has 2 aromatic heterocycles. The Morgan fingerprint density at radius 3 is 2.56 bits per heavy atom. The average molecular weight is 216 g/mol. The largest absolute Gasteiger partial charge is 0.265 e. The van der Waals surface area contributed by atoms with Crippen molar-refractivity contribution < 1.29 is 0 Å². The van der Waals surface area contributed by atoms with Crippen molar-refractivity contribution >= 4 is 0 Å². The molecule has 0 aliphatic carbocycles. The van der Waals surface area contributed by atoms with E-state index < -0.39 is 0 Å². The minimum Gasteiger partial charge on any atom is -0.265 e. The summed E-state index contributed by atoms with van der Waals surface area (Å²) in [4.78, 5) is 8.43. The summed E-state index contributed by atoms with van der Waals surface area (Å²) in [5.41, 5.74) is 1.28. The van der Waals surface area contributed by atoms with Crippen molar-refractivity contribution in [1.29, 1.82) is 0 Å². The van der Waals surface area contributed by atoms with E-state index in [0.29, 0.717) is 5.92 Å². The second kappa shape index (κ2) is 4.88. The summed E-state index contributed by atoms with van der Waals surface area (Å²) in [5, 5.41) is 7.16. The maximum atomic E-state index is 4.44. The summed E-state index contributed by atoms with van der Waals surface area (Å²) in [5.74, 6) is 2.23. The topological polar surface area (TPSA) is 54.5 Å². The summed E-state index contributed by atoms with van der Waals surface area (Å²) in [6.45, 7) is 4.19. The Kier molecular flexibility index (Phi) is 3.29. The van der Waals surface area contributed by atoms with Crippen LogP contribution in [0.25, 0.3) is 0 Å². The molecule has 0 fully saturated rings. The van der Waals surface area contributed by atoms with Gasteiger partial charge in [-0.2, -0.15) is 5.10 Å². The molecule has 0 amide bonds. The van der Waals surface area contributed by atoms with Crippen LogP contribution in [0.5, 0.6) is 0 Å². The number of pyridine rings is 1. The molecule has 0 radical (unpaired) electrons. The molecule has 0 aliphatic rings. The highest BCUT2D eigenvalue weighted by atomic mass is 15.2. The van der Waals surface area contributed by atoms with Gasteiger partial charge in [0.25, 0.3) is 0 Å². The van der Waals surface area contributed by atoms with E-state index in [-0.39, 0.29) is 0 Å². The molecule has 16 heavy (non-hydrogen) atoms. The fraction of sp³-hybridized carbons (Fsp3) is 0.417. The van der Waals surface area contributed by atoms with Crippen LogP contribution in [0.15, 0.2) is 24.5 Å². The zero-order valence-electron chi connectivity index (χ0n) is 9.64. The number of hydrogen-bond acceptors (Lipinski definition) is 3. The molecule has 0 saturated carbocycles. The van der Waals surface area contributed by atoms with Gasteiger partial charge in [0.2, 0.25) is 0 Å². The van der Waals surface area contributed by atoms with Gasteiger partial charge < -0.3 is 0 Å². The van der Waals surface area contributed by atoms with Crippen molar-refractivity contribution in [3.8, 4) is 0 Å². The summed E-state index contributed by atoms with van der Waals surface area (Å²) < 4.78 is 0. The molecular formula is C12H16N4. The molecule has 4 heteroatoms. The first-order chi connectivity index (χ1) is 7.75. The lowest BCUT2D eigenvalue weighted by molar-refractivity contribution is 0.780. The number of nitrogens with one attached hydrogen (secondary N) is 1. The van der Waals surface area contributed by atoms with Crippen molar-refractivity contribution in [2.45, 2.75) is 32.6 Å². The number of aromatic nitrogens is 4. The number of rotatable bonds is 4. The van der Waals surface area contributed by atoms with Gasteiger partial charge in [0.1, 0.15) is 5.82 Å². The van der Waals surface area contributed by atoms with Gasteiger partial charge in [0.05, 0.1) is 0 Å². The third-order valence-corrected chi connectivity index (χ3v) is 2.47. The molecule has 0 atom stereocenters. The third kappa shape index (κ3) is 2.66. The molecule has 2 heterocycles. The summed E-state index contributed by atoms with van der Waals surface area (Å²) in [6.07, 6.45) is 5.49. The molecular weight excluding hydrogens is 200 g/mol. The van der Waals surface area contributed by atoms with Crippen molar-refractivity contribution in [2.24, 2.45) is 0 Å². The molecule has 2 rings (SSSR count). The van der Waals surface area contributed by atoms with Crippen LogP contribution in [-0.2, 0) is 12.8 Å². The Morgan fingerprint density at radius 2 is 1.94 bits per heavy atom. The zero-order valence-corrected chi connectivity index (χ0v) is 9.64. The molecule has 2 aromatic rings. The van der Waals surface area contributed by atoms with Crippen LogP contribution in [0.1, 0.15) is 37.0 Å². The maximum absolute atomic E-state index is 4.44. The van der Waals surface area contributed by atoms with E-state index >= 15 is 0 Å². The molecule has 84 valence electrons. The Balaban J connectivity index is 1.95. The lowest BCUT2D eigenvalue weighted by Crippen LogP contribution is -1.94. The summed E-state index contributed by atoms with van der Waals surface area (Å²) in [7, 11) is 0. The average Bonchev–Trinajstić information content (AvgIpc) is 2.76. The fourth-order valence-electron chi connectivity index (χ4n) is 1.49. The lowest BCUT2D eigenvalue weighted by atomic mass is 10.1. The van der Waals surface area contributed by atoms with Gasteiger partial charge in [-0.1, -0.05) is 13.8 Å². The normalized spacial score (nSPS) is 10.9. The fourth-order valence-corrected chi connectivity index (χ4v) is 1.49. The van der Waals surface area contributed by atoms with E-state index in [1.54, 1.807) is 0 Å². The van der Waals surface area contributed by atoms with Crippen molar-refractivity contribution in [2.75, 3.05) is 0 Å². The summed E-state index contributed by atoms with van der Waals surface area (Å²) in [6, 6.07) is 4.06. The predicted molar refractivity (Wildman–Crippen MR) is 62.1 cm³/mol. The van der Waals surface area contributed by atoms with Crippen LogP contribution in [0.2, 0.25) is 0 Å². The SMILES string of the molecule is CC(C)c1n[nH]c(CCc2ccncc2)n1. The van der Waals surface area contributed by atoms with Crippen molar-refractivity contribution in [1.82, 2.24) is 20.2 Å². The molecule has 0 aliphatic heterocycles. The Bertz CT molecular complexity index is 433. The highest BCUT2D eigenvalue weighted by Crippen LogP contribution is 2.09. The molecule has 0 spiro atoms. The molecule has 1 N–H and O–H groups in total. The van der Waals surface area contributed by atoms with E-state index in [4.69, 9.17) is 0 Å². The first-order valence-electron chi connectivity index (χ1n) is 5.56. The van der Waals surface area contributed by atoms with E-state index in [1.807, 2.05) is 24.5 Å². The van der Waals surface area contributed by atoms with Crippen LogP contribution < -0.4 is 0 Å². The molecule has 0 aromatic carbocycles. The highest BCUT2D eigenvalue weighted by molar-refractivity contribution is 5.11. The van der Waals surface area contributed by atoms with Crippen LogP contribution in [-0.4, -0.2) is 20.2 Å². The van der Waals surface area contributed by atoms with Gasteiger partial charge in [-0.15, -0.1) is 0 Å². The molecule has 0 unspecified atom stereocenters. The lowest BCUT2D eigenvalue weighted by Gasteiger charge is -1.97. The quantitative estimate of drug-likeness (QED) is 0.851. The molecule has 0 bridgehead atoms. The van der Waals surface area contributed by atoms with Gasteiger partial charge in [0, 0.05) is 24.7 Å². The smallest absolute Gasteiger partial charge is 0.153 e. The number of aryl methyl sites for hydroxylation is 2. The Labute approximate surface area is 95.1 Å². The summed E-state index contributed by atoms with van der Waals surface area (Å²) >= 11 is 0. The van der Waals surface area contributed by atoms with E-state index in [9.17, 15) is 0 Å². The van der Waals surface area contributed by atoms with Crippen LogP contribution in [0.3, 0.4) is 0 Å². The maximum Gasteiger partial charge on any atom is 0.153 e. The van der Waals surface area contributed by atoms with E-state index in [2.05, 4.69) is 34.0 Å². The number of nitrogens with zero attached hydrogens (tertiary/aromatic N) is 3. The number of hydrogen-bond donors (Lipinski definition) is 1. The second-order valence-electron chi connectivity index (χ2n) is 4.15. The van der Waals surface area contributed by atoms with E-state index in [1.165, 1.54) is 5.56 Å². The monoisotopic (exact) mass is 216 g/mol. The zero-order chi connectivity index (χ0) is 11.4. The van der Waals surface area contributed by atoms with Crippen LogP contribution in [0, 0.1) is 0 Å². The Morgan fingerprint density at radius 1 is 1.19 bits per heavy atom. The van der Waals surface area contributed by atoms with Gasteiger partial charge >= 0.3 is 0 Å². The van der Waals surface area contributed by atoms with Crippen molar-refractivity contribution in [3.63, 3.8) is 0 Å². The van der Waals surface area contributed by atoms with E-state index in [0.717, 1.165) is 24.5 Å². The van der Waals surface area contributed by atoms with Gasteiger partial charge in [0.15, 0.2) is 5.82 Å². The minimum atomic E-state index is 0.380. The van der Waals surface area contributed by atoms with Crippen LogP contribution >= 0.6 is 0 Å². The molecule has 4 nitrogen and oxygen atoms in total. The third-order valence-electron chi connectivity index (χ3n) is 2.47. The van der Waals surface area contributed by atoms with Crippen molar-refractivity contribution in [3.05, 3.63) is 41.7 Å². The number of H-pyrrole nitrogens is 1. The standard InChI is InChI=1S/C12H16N4/c1-9(2)12-14-11(15-16-12)4-3-10-5-7-13-8-6-10/h5-9H,3-4H2,1-2H3,(H,14,15,16).